The minimum atomic E-state index is -0.354. The Labute approximate surface area is 115 Å². The summed E-state index contributed by atoms with van der Waals surface area (Å²) in [6, 6.07) is 5.70. The molecule has 0 bridgehead atoms. The van der Waals surface area contributed by atoms with E-state index in [9.17, 15) is 4.79 Å². The lowest BCUT2D eigenvalue weighted by atomic mass is 10.2. The topological polar surface area (TPSA) is 61.4 Å². The van der Waals surface area contributed by atoms with Crippen molar-refractivity contribution < 1.29 is 9.53 Å². The summed E-state index contributed by atoms with van der Waals surface area (Å²) in [6.07, 6.45) is 5.25. The Morgan fingerprint density at radius 1 is 1.35 bits per heavy atom. The molecule has 0 spiro atoms. The number of aryl methyl sites for hydroxylation is 1. The molecule has 0 saturated carbocycles. The highest BCUT2D eigenvalue weighted by molar-refractivity contribution is 5.96. The summed E-state index contributed by atoms with van der Waals surface area (Å²) in [5.74, 6) is -0.354. The quantitative estimate of drug-likeness (QED) is 0.682. The smallest absolute Gasteiger partial charge is 0.341 e. The monoisotopic (exact) mass is 270 g/mol. The van der Waals surface area contributed by atoms with Crippen molar-refractivity contribution in [1.82, 2.24) is 19.4 Å². The molecule has 3 heterocycles. The van der Waals surface area contributed by atoms with Gasteiger partial charge in [-0.05, 0) is 25.1 Å². The van der Waals surface area contributed by atoms with Gasteiger partial charge in [0.2, 0.25) is 0 Å². The summed E-state index contributed by atoms with van der Waals surface area (Å²) in [4.78, 5) is 11.8. The Bertz CT molecular complexity index is 772. The second kappa shape index (κ2) is 4.80. The van der Waals surface area contributed by atoms with Crippen molar-refractivity contribution in [3.05, 3.63) is 42.4 Å². The molecule has 3 rings (SSSR count). The second-order valence-electron chi connectivity index (χ2n) is 4.40. The number of ether oxygens (including phenoxy) is 1. The summed E-state index contributed by atoms with van der Waals surface area (Å²) < 4.78 is 8.41. The van der Waals surface area contributed by atoms with Gasteiger partial charge in [0.05, 0.1) is 24.0 Å². The van der Waals surface area contributed by atoms with Crippen LogP contribution in [0.4, 0.5) is 0 Å². The van der Waals surface area contributed by atoms with Crippen molar-refractivity contribution in [1.29, 1.82) is 0 Å². The van der Waals surface area contributed by atoms with Gasteiger partial charge in [-0.2, -0.15) is 10.2 Å². The molecule has 3 aromatic heterocycles. The highest BCUT2D eigenvalue weighted by atomic mass is 16.5. The van der Waals surface area contributed by atoms with Crippen LogP contribution in [0, 0.1) is 0 Å². The Morgan fingerprint density at radius 2 is 2.20 bits per heavy atom. The van der Waals surface area contributed by atoms with E-state index in [1.165, 1.54) is 6.20 Å². The van der Waals surface area contributed by atoms with Crippen LogP contribution in [0.15, 0.2) is 36.8 Å². The molecule has 0 unspecified atom stereocenters. The maximum atomic E-state index is 11.8. The molecule has 6 nitrogen and oxygen atoms in total. The number of esters is 1. The first-order valence-electron chi connectivity index (χ1n) is 6.33. The second-order valence-corrected chi connectivity index (χ2v) is 4.40. The third-order valence-electron chi connectivity index (χ3n) is 3.02. The fraction of sp³-hybridized carbons (Fsp3) is 0.214. The molecule has 20 heavy (non-hydrogen) atoms. The number of fused-ring (bicyclic) bond motifs is 1. The van der Waals surface area contributed by atoms with Crippen LogP contribution in [0.25, 0.3) is 16.8 Å². The number of nitrogens with zero attached hydrogens (tertiary/aromatic N) is 4. The van der Waals surface area contributed by atoms with E-state index in [1.54, 1.807) is 16.1 Å². The van der Waals surface area contributed by atoms with Gasteiger partial charge < -0.3 is 4.74 Å². The zero-order valence-electron chi connectivity index (χ0n) is 11.3. The summed E-state index contributed by atoms with van der Waals surface area (Å²) >= 11 is 0. The van der Waals surface area contributed by atoms with Crippen molar-refractivity contribution in [2.75, 3.05) is 6.61 Å². The Morgan fingerprint density at radius 3 is 2.90 bits per heavy atom. The van der Waals surface area contributed by atoms with Gasteiger partial charge in [0.1, 0.15) is 5.56 Å². The summed E-state index contributed by atoms with van der Waals surface area (Å²) in [5.41, 5.74) is 3.00. The van der Waals surface area contributed by atoms with E-state index in [0.29, 0.717) is 12.2 Å². The molecular formula is C14H14N4O2. The maximum absolute atomic E-state index is 11.8. The van der Waals surface area contributed by atoms with Gasteiger partial charge in [-0.15, -0.1) is 0 Å². The molecule has 0 aliphatic heterocycles. The van der Waals surface area contributed by atoms with Gasteiger partial charge >= 0.3 is 5.97 Å². The molecule has 6 heteroatoms. The molecule has 0 saturated heterocycles. The van der Waals surface area contributed by atoms with Crippen molar-refractivity contribution in [2.45, 2.75) is 6.92 Å². The molecule has 0 radical (unpaired) electrons. The first kappa shape index (κ1) is 12.4. The molecule has 0 aromatic carbocycles. The normalized spacial score (nSPS) is 10.9. The largest absolute Gasteiger partial charge is 0.462 e. The first-order valence-corrected chi connectivity index (χ1v) is 6.33. The Kier molecular flexibility index (Phi) is 2.98. The molecule has 0 aliphatic rings. The van der Waals surface area contributed by atoms with Crippen LogP contribution in [-0.4, -0.2) is 32.0 Å². The van der Waals surface area contributed by atoms with E-state index < -0.39 is 0 Å². The van der Waals surface area contributed by atoms with Crippen LogP contribution in [0.3, 0.4) is 0 Å². The number of hydrogen-bond donors (Lipinski definition) is 0. The average molecular weight is 270 g/mol. The molecule has 0 N–H and O–H groups in total. The van der Waals surface area contributed by atoms with Gasteiger partial charge in [-0.25, -0.2) is 9.31 Å². The minimum absolute atomic E-state index is 0.349. The number of carbonyl (C=O) groups excluding carboxylic acids is 1. The highest BCUT2D eigenvalue weighted by Gasteiger charge is 2.14. The van der Waals surface area contributed by atoms with Crippen molar-refractivity contribution >= 4 is 11.5 Å². The first-order chi connectivity index (χ1) is 9.69. The van der Waals surface area contributed by atoms with E-state index in [4.69, 9.17) is 4.74 Å². The SMILES string of the molecule is CCOC(=O)c1cnn2cc(-c3ccn(C)n3)ccc12. The third-order valence-corrected chi connectivity index (χ3v) is 3.02. The standard InChI is InChI=1S/C14H14N4O2/c1-3-20-14(19)11-8-15-18-9-10(4-5-13(11)18)12-6-7-17(2)16-12/h4-9H,3H2,1-2H3. The van der Waals surface area contributed by atoms with Crippen LogP contribution in [0.5, 0.6) is 0 Å². The average Bonchev–Trinajstić information content (AvgIpc) is 3.04. The molecule has 0 amide bonds. The fourth-order valence-corrected chi connectivity index (χ4v) is 2.07. The number of pyridine rings is 1. The lowest BCUT2D eigenvalue weighted by Crippen LogP contribution is -2.04. The van der Waals surface area contributed by atoms with Crippen LogP contribution in [0.1, 0.15) is 17.3 Å². The zero-order chi connectivity index (χ0) is 14.1. The minimum Gasteiger partial charge on any atom is -0.462 e. The molecule has 0 fully saturated rings. The summed E-state index contributed by atoms with van der Waals surface area (Å²) in [5, 5.41) is 8.54. The Hall–Kier alpha value is -2.63. The number of aromatic nitrogens is 4. The van der Waals surface area contributed by atoms with Crippen molar-refractivity contribution in [3.63, 3.8) is 0 Å². The summed E-state index contributed by atoms with van der Waals surface area (Å²) in [6.45, 7) is 2.13. The maximum Gasteiger partial charge on any atom is 0.341 e. The highest BCUT2D eigenvalue weighted by Crippen LogP contribution is 2.20. The lowest BCUT2D eigenvalue weighted by molar-refractivity contribution is 0.0528. The van der Waals surface area contributed by atoms with Crippen LogP contribution >= 0.6 is 0 Å². The predicted molar refractivity (Wildman–Crippen MR) is 73.4 cm³/mol. The molecule has 102 valence electrons. The Balaban J connectivity index is 2.03. The van der Waals surface area contributed by atoms with Gasteiger partial charge in [0, 0.05) is 25.0 Å². The molecular weight excluding hydrogens is 256 g/mol. The van der Waals surface area contributed by atoms with Gasteiger partial charge in [-0.1, -0.05) is 0 Å². The van der Waals surface area contributed by atoms with E-state index in [2.05, 4.69) is 10.2 Å². The van der Waals surface area contributed by atoms with Crippen LogP contribution in [-0.2, 0) is 11.8 Å². The number of hydrogen-bond acceptors (Lipinski definition) is 4. The van der Waals surface area contributed by atoms with E-state index in [1.807, 2.05) is 37.6 Å². The van der Waals surface area contributed by atoms with Gasteiger partial charge in [0.15, 0.2) is 0 Å². The zero-order valence-corrected chi connectivity index (χ0v) is 11.3. The molecule has 0 aliphatic carbocycles. The van der Waals surface area contributed by atoms with Gasteiger partial charge in [0.25, 0.3) is 0 Å². The predicted octanol–water partition coefficient (Wildman–Crippen LogP) is 1.91. The van der Waals surface area contributed by atoms with Crippen molar-refractivity contribution in [3.8, 4) is 11.3 Å². The lowest BCUT2D eigenvalue weighted by Gasteiger charge is -2.01. The van der Waals surface area contributed by atoms with E-state index in [-0.39, 0.29) is 5.97 Å². The van der Waals surface area contributed by atoms with Crippen LogP contribution < -0.4 is 0 Å². The molecule has 3 aromatic rings. The third kappa shape index (κ3) is 2.05. The van der Waals surface area contributed by atoms with E-state index >= 15 is 0 Å². The van der Waals surface area contributed by atoms with Crippen molar-refractivity contribution in [2.24, 2.45) is 7.05 Å². The number of rotatable bonds is 3. The van der Waals surface area contributed by atoms with Crippen LogP contribution in [0.2, 0.25) is 0 Å². The van der Waals surface area contributed by atoms with E-state index in [0.717, 1.165) is 16.8 Å². The van der Waals surface area contributed by atoms with Gasteiger partial charge in [-0.3, -0.25) is 4.68 Å². The number of carbonyl (C=O) groups is 1. The molecule has 0 atom stereocenters. The fourth-order valence-electron chi connectivity index (χ4n) is 2.07. The summed E-state index contributed by atoms with van der Waals surface area (Å²) in [7, 11) is 1.87.